The van der Waals surface area contributed by atoms with E-state index >= 15 is 0 Å². The van der Waals surface area contributed by atoms with Gasteiger partial charge in [-0.05, 0) is 0 Å². The van der Waals surface area contributed by atoms with E-state index in [1.165, 1.54) is 12.2 Å². The summed E-state index contributed by atoms with van der Waals surface area (Å²) in [5.74, 6) is -0.652. The molecule has 1 rings (SSSR count). The van der Waals surface area contributed by atoms with Crippen LogP contribution in [0.4, 0.5) is 4.79 Å². The van der Waals surface area contributed by atoms with Crippen LogP contribution in [0.5, 0.6) is 0 Å². The fraction of sp³-hybridized carbons (Fsp3) is 0.286. The zero-order valence-electron chi connectivity index (χ0n) is 6.62. The molecule has 70 valence electrons. The van der Waals surface area contributed by atoms with Crippen molar-refractivity contribution in [1.82, 2.24) is 10.2 Å². The number of halogens is 1. The fourth-order valence-corrected chi connectivity index (χ4v) is 1.19. The smallest absolute Gasteiger partial charge is 0.280 e. The number of imide groups is 1. The van der Waals surface area contributed by atoms with E-state index in [9.17, 15) is 14.4 Å². The Balaban J connectivity index is 2.34. The van der Waals surface area contributed by atoms with E-state index in [1.54, 1.807) is 22.6 Å². The van der Waals surface area contributed by atoms with Crippen LogP contribution in [-0.4, -0.2) is 33.7 Å². The zero-order chi connectivity index (χ0) is 9.84. The maximum Gasteiger partial charge on any atom is 0.280 e. The van der Waals surface area contributed by atoms with Crippen LogP contribution in [0.1, 0.15) is 0 Å². The molecule has 0 aliphatic carbocycles. The lowest BCUT2D eigenvalue weighted by molar-refractivity contribution is -0.136. The van der Waals surface area contributed by atoms with Gasteiger partial charge in [-0.1, -0.05) is 0 Å². The monoisotopic (exact) mass is 294 g/mol. The second-order valence-electron chi connectivity index (χ2n) is 2.36. The van der Waals surface area contributed by atoms with Crippen LogP contribution in [0.3, 0.4) is 0 Å². The van der Waals surface area contributed by atoms with Crippen LogP contribution in [-0.2, 0) is 9.59 Å². The molecule has 0 aromatic rings. The molecule has 0 atom stereocenters. The molecule has 6 heteroatoms. The van der Waals surface area contributed by atoms with Gasteiger partial charge in [-0.15, -0.1) is 0 Å². The summed E-state index contributed by atoms with van der Waals surface area (Å²) in [5, 5.41) is 2.49. The maximum atomic E-state index is 11.0. The van der Waals surface area contributed by atoms with Crippen LogP contribution in [0.25, 0.3) is 0 Å². The highest BCUT2D eigenvalue weighted by Gasteiger charge is 2.22. The van der Waals surface area contributed by atoms with Crippen molar-refractivity contribution >= 4 is 38.3 Å². The van der Waals surface area contributed by atoms with E-state index in [4.69, 9.17) is 0 Å². The number of nitrogens with zero attached hydrogens (tertiary/aromatic N) is 1. The van der Waals surface area contributed by atoms with Gasteiger partial charge in [0.15, 0.2) is 0 Å². The molecule has 0 spiro atoms. The lowest BCUT2D eigenvalue weighted by atomic mass is 10.5. The second-order valence-corrected chi connectivity index (χ2v) is 3.34. The predicted molar refractivity (Wildman–Crippen MR) is 53.3 cm³/mol. The van der Waals surface area contributed by atoms with Crippen molar-refractivity contribution in [3.8, 4) is 0 Å². The van der Waals surface area contributed by atoms with Crippen molar-refractivity contribution in [3.05, 3.63) is 12.2 Å². The van der Waals surface area contributed by atoms with Gasteiger partial charge in [-0.2, -0.15) is 0 Å². The Kier molecular flexibility index (Phi) is 3.40. The Hall–Kier alpha value is -0.920. The Bertz CT molecular complexity index is 269. The molecule has 1 aliphatic rings. The quantitative estimate of drug-likeness (QED) is 0.346. The van der Waals surface area contributed by atoms with Crippen molar-refractivity contribution < 1.29 is 14.4 Å². The predicted octanol–water partition coefficient (Wildman–Crippen LogP) is 0.0560. The Morgan fingerprint density at radius 1 is 1.38 bits per heavy atom. The van der Waals surface area contributed by atoms with Gasteiger partial charge in [0.2, 0.25) is 0 Å². The minimum atomic E-state index is -0.326. The Labute approximate surface area is 88.3 Å². The third-order valence-electron chi connectivity index (χ3n) is 1.50. The molecule has 1 N–H and O–H groups in total. The summed E-state index contributed by atoms with van der Waals surface area (Å²) in [4.78, 5) is 33.5. The van der Waals surface area contributed by atoms with Crippen LogP contribution in [0.2, 0.25) is 0 Å². The van der Waals surface area contributed by atoms with Gasteiger partial charge in [0.1, 0.15) is 0 Å². The van der Waals surface area contributed by atoms with Crippen LogP contribution < -0.4 is 5.32 Å². The first-order chi connectivity index (χ1) is 6.11. The number of hydrogen-bond acceptors (Lipinski definition) is 3. The van der Waals surface area contributed by atoms with Crippen LogP contribution in [0.15, 0.2) is 12.2 Å². The topological polar surface area (TPSA) is 66.5 Å². The van der Waals surface area contributed by atoms with Gasteiger partial charge in [0.05, 0.1) is 0 Å². The molecule has 0 saturated carbocycles. The first-order valence-corrected chi connectivity index (χ1v) is 4.66. The Morgan fingerprint density at radius 2 is 1.92 bits per heavy atom. The van der Waals surface area contributed by atoms with Crippen LogP contribution in [0, 0.1) is 0 Å². The molecule has 0 aromatic carbocycles. The second kappa shape index (κ2) is 4.35. The highest BCUT2D eigenvalue weighted by molar-refractivity contribution is 14.1. The number of rotatable bonds is 3. The molecule has 0 unspecified atom stereocenters. The van der Waals surface area contributed by atoms with Crippen molar-refractivity contribution in [3.63, 3.8) is 0 Å². The summed E-state index contributed by atoms with van der Waals surface area (Å²) in [7, 11) is 0. The van der Waals surface area contributed by atoms with Crippen LogP contribution >= 0.6 is 22.6 Å². The number of carbonyl (C=O) groups is 3. The van der Waals surface area contributed by atoms with Gasteiger partial charge >= 0.3 is 0 Å². The zero-order valence-corrected chi connectivity index (χ0v) is 8.78. The standard InChI is InChI=1S/C7H7IN2O3/c8-7(13)9-3-4-10-5(11)1-2-6(10)12/h1-2H,3-4H2,(H,9,13). The molecule has 5 nitrogen and oxygen atoms in total. The average Bonchev–Trinajstić information content (AvgIpc) is 2.34. The lowest BCUT2D eigenvalue weighted by Gasteiger charge is -2.12. The maximum absolute atomic E-state index is 11.0. The van der Waals surface area contributed by atoms with Crippen molar-refractivity contribution in [1.29, 1.82) is 0 Å². The van der Waals surface area contributed by atoms with Gasteiger partial charge in [0.25, 0.3) is 15.7 Å². The lowest BCUT2D eigenvalue weighted by Crippen LogP contribution is -2.36. The molecule has 0 saturated heterocycles. The summed E-state index contributed by atoms with van der Waals surface area (Å²) in [6.45, 7) is 0.514. The highest BCUT2D eigenvalue weighted by Crippen LogP contribution is 2.01. The fourth-order valence-electron chi connectivity index (χ4n) is 0.917. The average molecular weight is 294 g/mol. The van der Waals surface area contributed by atoms with Crippen molar-refractivity contribution in [2.24, 2.45) is 0 Å². The van der Waals surface area contributed by atoms with E-state index in [0.29, 0.717) is 6.54 Å². The number of carbonyl (C=O) groups excluding carboxylic acids is 3. The van der Waals surface area contributed by atoms with Gasteiger partial charge < -0.3 is 5.32 Å². The third kappa shape index (κ3) is 2.79. The Morgan fingerprint density at radius 3 is 2.38 bits per heavy atom. The summed E-state index contributed by atoms with van der Waals surface area (Å²) < 4.78 is -0.204. The van der Waals surface area contributed by atoms with Crippen molar-refractivity contribution in [2.75, 3.05) is 13.1 Å². The van der Waals surface area contributed by atoms with Gasteiger partial charge in [-0.3, -0.25) is 19.3 Å². The molecule has 0 radical (unpaired) electrons. The van der Waals surface area contributed by atoms with E-state index in [-0.39, 0.29) is 22.3 Å². The first-order valence-electron chi connectivity index (χ1n) is 3.58. The molecular weight excluding hydrogens is 287 g/mol. The SMILES string of the molecule is O=C(I)NCCN1C(=O)C=CC1=O. The summed E-state index contributed by atoms with van der Waals surface area (Å²) in [6, 6.07) is 0. The minimum absolute atomic E-state index is 0.204. The van der Waals surface area contributed by atoms with Gasteiger partial charge in [0, 0.05) is 47.8 Å². The molecule has 3 amide bonds. The summed E-state index contributed by atoms with van der Waals surface area (Å²) in [5.41, 5.74) is 0. The number of hydrogen-bond donors (Lipinski definition) is 1. The molecule has 0 aromatic heterocycles. The van der Waals surface area contributed by atoms with Gasteiger partial charge in [-0.25, -0.2) is 0 Å². The largest absolute Gasteiger partial charge is 0.346 e. The number of nitrogens with one attached hydrogen (secondary N) is 1. The van der Waals surface area contributed by atoms with E-state index < -0.39 is 0 Å². The van der Waals surface area contributed by atoms with E-state index in [0.717, 1.165) is 4.90 Å². The molecule has 13 heavy (non-hydrogen) atoms. The normalized spacial score (nSPS) is 15.3. The summed E-state index contributed by atoms with van der Waals surface area (Å²) in [6.07, 6.45) is 2.43. The molecular formula is C7H7IN2O3. The summed E-state index contributed by atoms with van der Waals surface area (Å²) >= 11 is 1.59. The molecule has 0 fully saturated rings. The van der Waals surface area contributed by atoms with E-state index in [1.807, 2.05) is 0 Å². The first kappa shape index (κ1) is 10.2. The molecule has 0 bridgehead atoms. The molecule has 1 heterocycles. The number of amides is 3. The van der Waals surface area contributed by atoms with E-state index in [2.05, 4.69) is 5.32 Å². The highest BCUT2D eigenvalue weighted by atomic mass is 127. The van der Waals surface area contributed by atoms with Crippen molar-refractivity contribution in [2.45, 2.75) is 0 Å². The minimum Gasteiger partial charge on any atom is -0.346 e. The molecule has 1 aliphatic heterocycles. The third-order valence-corrected chi connectivity index (χ3v) is 1.88.